The minimum Gasteiger partial charge on any atom is -0.411 e. The van der Waals surface area contributed by atoms with Crippen LogP contribution in [0.4, 0.5) is 11.4 Å². The number of nitrogens with zero attached hydrogens (tertiary/aromatic N) is 3. The molecule has 8 nitrogen and oxygen atoms in total. The van der Waals surface area contributed by atoms with Crippen LogP contribution in [0.5, 0.6) is 0 Å². The van der Waals surface area contributed by atoms with Gasteiger partial charge >= 0.3 is 0 Å². The number of thioether (sulfide) groups is 1. The lowest BCUT2D eigenvalue weighted by atomic mass is 10.2. The number of carbonyl (C=O) groups is 1. The molecule has 0 saturated carbocycles. The average Bonchev–Trinajstić information content (AvgIpc) is 3.11. The molecule has 1 amide bonds. The van der Waals surface area contributed by atoms with Gasteiger partial charge in [-0.2, -0.15) is 0 Å². The number of carbonyl (C=O) groups excluding carboxylic acids is 1. The van der Waals surface area contributed by atoms with Gasteiger partial charge in [-0.3, -0.25) is 14.9 Å². The van der Waals surface area contributed by atoms with E-state index in [1.165, 1.54) is 12.1 Å². The number of hydrogen-bond acceptors (Lipinski definition) is 7. The highest BCUT2D eigenvalue weighted by Crippen LogP contribution is 2.29. The average molecular weight is 405 g/mol. The molecule has 0 fully saturated rings. The van der Waals surface area contributed by atoms with Crippen LogP contribution in [0, 0.1) is 17.0 Å². The summed E-state index contributed by atoms with van der Waals surface area (Å²) < 4.78 is 5.51. The van der Waals surface area contributed by atoms with E-state index in [0.29, 0.717) is 16.3 Å². The number of rotatable bonds is 6. The zero-order valence-electron chi connectivity index (χ0n) is 14.0. The fourth-order valence-electron chi connectivity index (χ4n) is 2.18. The van der Waals surface area contributed by atoms with E-state index in [2.05, 4.69) is 15.5 Å². The van der Waals surface area contributed by atoms with Crippen LogP contribution in [-0.4, -0.2) is 26.8 Å². The molecule has 3 rings (SSSR count). The van der Waals surface area contributed by atoms with Gasteiger partial charge in [0.05, 0.1) is 26.9 Å². The van der Waals surface area contributed by atoms with Crippen molar-refractivity contribution in [3.63, 3.8) is 0 Å². The van der Waals surface area contributed by atoms with Gasteiger partial charge in [0.15, 0.2) is 0 Å². The number of nitro groups is 1. The van der Waals surface area contributed by atoms with Gasteiger partial charge in [0, 0.05) is 12.1 Å². The number of aromatic nitrogens is 2. The van der Waals surface area contributed by atoms with E-state index in [0.717, 1.165) is 17.3 Å². The smallest absolute Gasteiger partial charge is 0.277 e. The van der Waals surface area contributed by atoms with Crippen molar-refractivity contribution in [3.05, 3.63) is 63.2 Å². The standard InChI is InChI=1S/C17H13ClN4O4S/c1-10-6-7-11(22(24)25)8-14(10)19-15(23)9-27-17-21-20-16(26-17)12-4-2-3-5-13(12)18/h2-8H,9H2,1H3,(H,19,23). The van der Waals surface area contributed by atoms with Crippen molar-refractivity contribution >= 4 is 40.6 Å². The Morgan fingerprint density at radius 2 is 2.07 bits per heavy atom. The molecule has 0 radical (unpaired) electrons. The molecular weight excluding hydrogens is 392 g/mol. The first-order valence-electron chi connectivity index (χ1n) is 7.70. The van der Waals surface area contributed by atoms with Crippen LogP contribution >= 0.6 is 23.4 Å². The number of nitro benzene ring substituents is 1. The van der Waals surface area contributed by atoms with Gasteiger partial charge in [-0.15, -0.1) is 10.2 Å². The van der Waals surface area contributed by atoms with Gasteiger partial charge in [0.25, 0.3) is 10.9 Å². The summed E-state index contributed by atoms with van der Waals surface area (Å²) in [4.78, 5) is 22.5. The molecule has 2 aromatic carbocycles. The first kappa shape index (κ1) is 18.9. The third-order valence-electron chi connectivity index (χ3n) is 3.54. The molecule has 0 atom stereocenters. The number of nitrogens with one attached hydrogen (secondary N) is 1. The van der Waals surface area contributed by atoms with Crippen LogP contribution < -0.4 is 5.32 Å². The second kappa shape index (κ2) is 8.19. The summed E-state index contributed by atoms with van der Waals surface area (Å²) >= 11 is 7.15. The minimum absolute atomic E-state index is 0.00624. The Hall–Kier alpha value is -2.91. The van der Waals surface area contributed by atoms with E-state index in [9.17, 15) is 14.9 Å². The van der Waals surface area contributed by atoms with Crippen molar-refractivity contribution in [2.24, 2.45) is 0 Å². The van der Waals surface area contributed by atoms with Gasteiger partial charge in [0.1, 0.15) is 0 Å². The summed E-state index contributed by atoms with van der Waals surface area (Å²) in [6.45, 7) is 1.75. The van der Waals surface area contributed by atoms with Crippen molar-refractivity contribution in [2.75, 3.05) is 11.1 Å². The highest BCUT2D eigenvalue weighted by atomic mass is 35.5. The summed E-state index contributed by atoms with van der Waals surface area (Å²) in [5, 5.41) is 22.0. The van der Waals surface area contributed by atoms with Gasteiger partial charge in [-0.1, -0.05) is 41.6 Å². The lowest BCUT2D eigenvalue weighted by molar-refractivity contribution is -0.384. The molecule has 138 valence electrons. The number of halogens is 1. The van der Waals surface area contributed by atoms with Crippen LogP contribution in [0.2, 0.25) is 5.02 Å². The van der Waals surface area contributed by atoms with Gasteiger partial charge in [-0.25, -0.2) is 0 Å². The third kappa shape index (κ3) is 4.63. The van der Waals surface area contributed by atoms with Crippen molar-refractivity contribution in [2.45, 2.75) is 12.1 Å². The number of non-ortho nitro benzene ring substituents is 1. The molecular formula is C17H13ClN4O4S. The zero-order valence-corrected chi connectivity index (χ0v) is 15.6. The Labute approximate surface area is 163 Å². The topological polar surface area (TPSA) is 111 Å². The SMILES string of the molecule is Cc1ccc([N+](=O)[O-])cc1NC(=O)CSc1nnc(-c2ccccc2Cl)o1. The van der Waals surface area contributed by atoms with E-state index in [-0.39, 0.29) is 28.5 Å². The predicted molar refractivity (Wildman–Crippen MR) is 102 cm³/mol. The molecule has 0 unspecified atom stereocenters. The van der Waals surface area contributed by atoms with E-state index in [4.69, 9.17) is 16.0 Å². The number of aryl methyl sites for hydroxylation is 1. The molecule has 1 heterocycles. The number of benzene rings is 2. The van der Waals surface area contributed by atoms with Gasteiger partial charge in [0.2, 0.25) is 11.8 Å². The molecule has 0 spiro atoms. The largest absolute Gasteiger partial charge is 0.411 e. The summed E-state index contributed by atoms with van der Waals surface area (Å²) in [5.74, 6) is -0.0779. The third-order valence-corrected chi connectivity index (χ3v) is 4.69. The van der Waals surface area contributed by atoms with E-state index < -0.39 is 4.92 Å². The van der Waals surface area contributed by atoms with Crippen LogP contribution in [0.25, 0.3) is 11.5 Å². The first-order chi connectivity index (χ1) is 12.9. The number of anilines is 1. The minimum atomic E-state index is -0.515. The summed E-state index contributed by atoms with van der Waals surface area (Å²) in [5.41, 5.74) is 1.62. The second-order valence-electron chi connectivity index (χ2n) is 5.45. The quantitative estimate of drug-likeness (QED) is 0.369. The summed E-state index contributed by atoms with van der Waals surface area (Å²) in [6.07, 6.45) is 0. The highest BCUT2D eigenvalue weighted by molar-refractivity contribution is 7.99. The fourth-order valence-corrected chi connectivity index (χ4v) is 2.96. The Balaban J connectivity index is 1.63. The monoisotopic (exact) mass is 404 g/mol. The molecule has 0 aliphatic heterocycles. The predicted octanol–water partition coefficient (Wildman–Crippen LogP) is 4.34. The second-order valence-corrected chi connectivity index (χ2v) is 6.78. The maximum Gasteiger partial charge on any atom is 0.277 e. The number of amides is 1. The lowest BCUT2D eigenvalue weighted by Crippen LogP contribution is -2.15. The highest BCUT2D eigenvalue weighted by Gasteiger charge is 2.15. The molecule has 27 heavy (non-hydrogen) atoms. The summed E-state index contributed by atoms with van der Waals surface area (Å²) in [6, 6.07) is 11.3. The van der Waals surface area contributed by atoms with Crippen molar-refractivity contribution in [1.29, 1.82) is 0 Å². The van der Waals surface area contributed by atoms with Crippen LogP contribution in [0.3, 0.4) is 0 Å². The normalized spacial score (nSPS) is 10.6. The van der Waals surface area contributed by atoms with Crippen LogP contribution in [0.15, 0.2) is 52.1 Å². The van der Waals surface area contributed by atoms with Crippen molar-refractivity contribution in [1.82, 2.24) is 10.2 Å². The van der Waals surface area contributed by atoms with Gasteiger partial charge in [-0.05, 0) is 24.6 Å². The number of hydrogen-bond donors (Lipinski definition) is 1. The van der Waals surface area contributed by atoms with E-state index >= 15 is 0 Å². The van der Waals surface area contributed by atoms with Crippen molar-refractivity contribution < 1.29 is 14.1 Å². The molecule has 0 aliphatic carbocycles. The Bertz CT molecular complexity index is 1010. The maximum atomic E-state index is 12.1. The molecule has 0 bridgehead atoms. The molecule has 0 aliphatic rings. The van der Waals surface area contributed by atoms with Crippen LogP contribution in [-0.2, 0) is 4.79 Å². The molecule has 1 aromatic heterocycles. The fraction of sp³-hybridized carbons (Fsp3) is 0.118. The Morgan fingerprint density at radius 3 is 2.81 bits per heavy atom. The summed E-state index contributed by atoms with van der Waals surface area (Å²) in [7, 11) is 0. The Morgan fingerprint density at radius 1 is 1.30 bits per heavy atom. The molecule has 10 heteroatoms. The van der Waals surface area contributed by atoms with E-state index in [1.807, 2.05) is 0 Å². The van der Waals surface area contributed by atoms with Gasteiger partial charge < -0.3 is 9.73 Å². The Kier molecular flexibility index (Phi) is 5.72. The molecule has 1 N–H and O–H groups in total. The van der Waals surface area contributed by atoms with Crippen molar-refractivity contribution in [3.8, 4) is 11.5 Å². The molecule has 0 saturated heterocycles. The lowest BCUT2D eigenvalue weighted by Gasteiger charge is -2.07. The first-order valence-corrected chi connectivity index (χ1v) is 9.06. The molecule has 3 aromatic rings. The zero-order chi connectivity index (χ0) is 19.4. The van der Waals surface area contributed by atoms with Crippen LogP contribution in [0.1, 0.15) is 5.56 Å². The van der Waals surface area contributed by atoms with E-state index in [1.54, 1.807) is 37.3 Å². The maximum absolute atomic E-state index is 12.1.